The van der Waals surface area contributed by atoms with Crippen molar-refractivity contribution in [1.82, 2.24) is 14.5 Å². The van der Waals surface area contributed by atoms with Crippen LogP contribution in [0.2, 0.25) is 0 Å². The summed E-state index contributed by atoms with van der Waals surface area (Å²) in [6.45, 7) is 3.02. The fourth-order valence-corrected chi connectivity index (χ4v) is 5.83. The van der Waals surface area contributed by atoms with Crippen LogP contribution in [0, 0.1) is 0 Å². The van der Waals surface area contributed by atoms with E-state index in [0.29, 0.717) is 4.31 Å². The number of nitrogens with one attached hydrogen (secondary N) is 1. The van der Waals surface area contributed by atoms with E-state index in [1.54, 1.807) is 6.07 Å². The van der Waals surface area contributed by atoms with Crippen molar-refractivity contribution in [2.75, 3.05) is 6.54 Å². The van der Waals surface area contributed by atoms with Gasteiger partial charge >= 0.3 is 0 Å². The number of amides is 3. The van der Waals surface area contributed by atoms with Gasteiger partial charge in [-0.1, -0.05) is 72.8 Å². The molecule has 3 aromatic rings. The molecule has 1 unspecified atom stereocenters. The van der Waals surface area contributed by atoms with E-state index < -0.39 is 34.4 Å². The monoisotopic (exact) mass is 519 g/mol. The molecule has 9 heteroatoms. The molecule has 1 aliphatic heterocycles. The minimum Gasteiger partial charge on any atom is -0.352 e. The lowest BCUT2D eigenvalue weighted by molar-refractivity contribution is -0.141. The molecule has 0 aliphatic carbocycles. The Bertz CT molecular complexity index is 1390. The van der Waals surface area contributed by atoms with Gasteiger partial charge in [0.15, 0.2) is 0 Å². The van der Waals surface area contributed by atoms with E-state index in [-0.39, 0.29) is 35.4 Å². The highest BCUT2D eigenvalue weighted by Gasteiger charge is 2.43. The lowest BCUT2D eigenvalue weighted by atomic mass is 10.0. The highest BCUT2D eigenvalue weighted by molar-refractivity contribution is 7.90. The molecule has 192 valence electrons. The highest BCUT2D eigenvalue weighted by Crippen LogP contribution is 2.30. The SMILES string of the molecule is CC(C)NC(=O)C(Cc1ccccc1)N(Cc1ccccc1)C(=O)CN1C(=O)c2ccccc2S1(=O)=O. The van der Waals surface area contributed by atoms with Gasteiger partial charge in [0, 0.05) is 19.0 Å². The third kappa shape index (κ3) is 5.72. The maximum atomic E-state index is 13.8. The molecular formula is C28H29N3O5S. The molecule has 0 fully saturated rings. The lowest BCUT2D eigenvalue weighted by Gasteiger charge is -2.33. The summed E-state index contributed by atoms with van der Waals surface area (Å²) in [6, 6.07) is 23.2. The number of sulfonamides is 1. The summed E-state index contributed by atoms with van der Waals surface area (Å²) in [5.41, 5.74) is 1.64. The van der Waals surface area contributed by atoms with E-state index in [4.69, 9.17) is 0 Å². The van der Waals surface area contributed by atoms with E-state index in [0.717, 1.165) is 11.1 Å². The molecule has 1 heterocycles. The van der Waals surface area contributed by atoms with Crippen molar-refractivity contribution in [3.05, 3.63) is 102 Å². The minimum atomic E-state index is -4.19. The number of benzene rings is 3. The van der Waals surface area contributed by atoms with Crippen LogP contribution in [-0.4, -0.2) is 54.0 Å². The largest absolute Gasteiger partial charge is 0.352 e. The summed E-state index contributed by atoms with van der Waals surface area (Å²) in [4.78, 5) is 41.4. The number of hydrogen-bond acceptors (Lipinski definition) is 5. The van der Waals surface area contributed by atoms with E-state index in [1.165, 1.54) is 23.1 Å². The molecule has 3 amide bonds. The number of hydrogen-bond donors (Lipinski definition) is 1. The van der Waals surface area contributed by atoms with Gasteiger partial charge in [0.2, 0.25) is 11.8 Å². The maximum absolute atomic E-state index is 13.8. The quantitative estimate of drug-likeness (QED) is 0.468. The van der Waals surface area contributed by atoms with Crippen molar-refractivity contribution in [1.29, 1.82) is 0 Å². The first kappa shape index (κ1) is 26.1. The van der Waals surface area contributed by atoms with Crippen LogP contribution in [0.4, 0.5) is 0 Å². The summed E-state index contributed by atoms with van der Waals surface area (Å²) in [5, 5.41) is 2.89. The molecule has 4 rings (SSSR count). The zero-order chi connectivity index (χ0) is 26.6. The fraction of sp³-hybridized carbons (Fsp3) is 0.250. The Morgan fingerprint density at radius 3 is 2.03 bits per heavy atom. The van der Waals surface area contributed by atoms with Crippen molar-refractivity contribution in [2.45, 2.75) is 43.8 Å². The predicted molar refractivity (Wildman–Crippen MR) is 139 cm³/mol. The molecule has 8 nitrogen and oxygen atoms in total. The first-order chi connectivity index (χ1) is 17.7. The highest BCUT2D eigenvalue weighted by atomic mass is 32.2. The Balaban J connectivity index is 1.70. The molecule has 3 aromatic carbocycles. The molecule has 0 aromatic heterocycles. The average molecular weight is 520 g/mol. The molecule has 0 radical (unpaired) electrons. The van der Waals surface area contributed by atoms with E-state index in [2.05, 4.69) is 5.32 Å². The van der Waals surface area contributed by atoms with E-state index in [1.807, 2.05) is 74.5 Å². The van der Waals surface area contributed by atoms with Crippen molar-refractivity contribution in [3.63, 3.8) is 0 Å². The van der Waals surface area contributed by atoms with Gasteiger partial charge in [-0.25, -0.2) is 12.7 Å². The van der Waals surface area contributed by atoms with Gasteiger partial charge in [0.05, 0.1) is 5.56 Å². The number of carbonyl (C=O) groups is 3. The molecule has 0 saturated carbocycles. The summed E-state index contributed by atoms with van der Waals surface area (Å²) in [5.74, 6) is -1.76. The molecule has 1 aliphatic rings. The summed E-state index contributed by atoms with van der Waals surface area (Å²) in [6.07, 6.45) is 0.221. The predicted octanol–water partition coefficient (Wildman–Crippen LogP) is 3.00. The topological polar surface area (TPSA) is 104 Å². The van der Waals surface area contributed by atoms with Crippen LogP contribution in [0.15, 0.2) is 89.8 Å². The van der Waals surface area contributed by atoms with Gasteiger partial charge in [-0.15, -0.1) is 0 Å². The van der Waals surface area contributed by atoms with E-state index >= 15 is 0 Å². The van der Waals surface area contributed by atoms with Crippen LogP contribution in [-0.2, 0) is 32.6 Å². The van der Waals surface area contributed by atoms with Crippen LogP contribution in [0.3, 0.4) is 0 Å². The number of carbonyl (C=O) groups excluding carboxylic acids is 3. The third-order valence-electron chi connectivity index (χ3n) is 6.09. The molecule has 37 heavy (non-hydrogen) atoms. The number of fused-ring (bicyclic) bond motifs is 1. The Labute approximate surface area is 217 Å². The zero-order valence-electron chi connectivity index (χ0n) is 20.7. The van der Waals surface area contributed by atoms with Crippen LogP contribution >= 0.6 is 0 Å². The second-order valence-corrected chi connectivity index (χ2v) is 11.0. The number of nitrogens with zero attached hydrogens (tertiary/aromatic N) is 2. The Morgan fingerprint density at radius 1 is 0.865 bits per heavy atom. The second kappa shape index (κ2) is 11.0. The lowest BCUT2D eigenvalue weighted by Crippen LogP contribution is -2.54. The van der Waals surface area contributed by atoms with Gasteiger partial charge in [0.25, 0.3) is 15.9 Å². The standard InChI is InChI=1S/C28H29N3O5S/c1-20(2)29-27(33)24(17-21-11-5-3-6-12-21)30(18-22-13-7-4-8-14-22)26(32)19-31-28(34)23-15-9-10-16-25(23)37(31,35)36/h3-16,20,24H,17-19H2,1-2H3,(H,29,33). The molecule has 1 atom stereocenters. The smallest absolute Gasteiger partial charge is 0.269 e. The fourth-order valence-electron chi connectivity index (χ4n) is 4.32. The summed E-state index contributed by atoms with van der Waals surface area (Å²) < 4.78 is 26.8. The first-order valence-electron chi connectivity index (χ1n) is 12.0. The minimum absolute atomic E-state index is 0.0308. The van der Waals surface area contributed by atoms with Gasteiger partial charge < -0.3 is 10.2 Å². The van der Waals surface area contributed by atoms with Gasteiger partial charge in [-0.2, -0.15) is 0 Å². The van der Waals surface area contributed by atoms with Crippen LogP contribution in [0.5, 0.6) is 0 Å². The van der Waals surface area contributed by atoms with Crippen LogP contribution in [0.25, 0.3) is 0 Å². The van der Waals surface area contributed by atoms with Crippen molar-refractivity contribution in [3.8, 4) is 0 Å². The van der Waals surface area contributed by atoms with Gasteiger partial charge in [-0.3, -0.25) is 14.4 Å². The molecule has 0 bridgehead atoms. The van der Waals surface area contributed by atoms with Crippen LogP contribution in [0.1, 0.15) is 35.3 Å². The van der Waals surface area contributed by atoms with Crippen LogP contribution < -0.4 is 5.32 Å². The van der Waals surface area contributed by atoms with Crippen molar-refractivity contribution < 1.29 is 22.8 Å². The van der Waals surface area contributed by atoms with Crippen molar-refractivity contribution >= 4 is 27.7 Å². The zero-order valence-corrected chi connectivity index (χ0v) is 21.5. The Kier molecular flexibility index (Phi) is 7.73. The first-order valence-corrected chi connectivity index (χ1v) is 13.5. The summed E-state index contributed by atoms with van der Waals surface area (Å²) in [7, 11) is -4.19. The Hall–Kier alpha value is -3.98. The van der Waals surface area contributed by atoms with Gasteiger partial charge in [0.1, 0.15) is 17.5 Å². The molecule has 1 N–H and O–H groups in total. The molecule has 0 saturated heterocycles. The average Bonchev–Trinajstić information content (AvgIpc) is 3.07. The molecule has 0 spiro atoms. The van der Waals surface area contributed by atoms with Crippen molar-refractivity contribution in [2.24, 2.45) is 0 Å². The maximum Gasteiger partial charge on any atom is 0.269 e. The Morgan fingerprint density at radius 2 is 1.43 bits per heavy atom. The number of rotatable bonds is 9. The normalized spacial score (nSPS) is 14.8. The summed E-state index contributed by atoms with van der Waals surface area (Å²) >= 11 is 0. The second-order valence-electron chi connectivity index (χ2n) is 9.19. The third-order valence-corrected chi connectivity index (χ3v) is 7.88. The van der Waals surface area contributed by atoms with E-state index in [9.17, 15) is 22.8 Å². The molecular weight excluding hydrogens is 490 g/mol. The van der Waals surface area contributed by atoms with Gasteiger partial charge in [-0.05, 0) is 37.1 Å².